The van der Waals surface area contributed by atoms with E-state index in [4.69, 9.17) is 11.6 Å². The molecule has 0 aliphatic rings. The molecule has 0 N–H and O–H groups in total. The highest BCUT2D eigenvalue weighted by molar-refractivity contribution is 9.10. The van der Waals surface area contributed by atoms with Crippen LogP contribution in [0.4, 0.5) is 0 Å². The number of hydrogen-bond acceptors (Lipinski definition) is 1. The molecule has 1 atom stereocenters. The van der Waals surface area contributed by atoms with E-state index in [9.17, 15) is 0 Å². The molecule has 92 valence electrons. The second kappa shape index (κ2) is 6.21. The molecule has 1 aromatic carbocycles. The molecule has 0 fully saturated rings. The maximum atomic E-state index is 6.51. The monoisotopic (exact) mass is 330 g/mol. The van der Waals surface area contributed by atoms with Crippen molar-refractivity contribution in [2.24, 2.45) is 0 Å². The molecule has 1 aromatic heterocycles. The Morgan fingerprint density at radius 3 is 2.94 bits per heavy atom. The number of benzene rings is 1. The predicted molar refractivity (Wildman–Crippen MR) is 82.3 cm³/mol. The Bertz CT molecular complexity index is 492. The van der Waals surface area contributed by atoms with E-state index >= 15 is 0 Å². The SMILES string of the molecule is CCCCCC(Cl)c1csc2c(Br)cccc12. The molecule has 1 heterocycles. The Kier molecular flexibility index (Phi) is 4.89. The third-order valence-electron chi connectivity index (χ3n) is 2.98. The summed E-state index contributed by atoms with van der Waals surface area (Å²) in [6, 6.07) is 6.34. The molecule has 1 unspecified atom stereocenters. The minimum Gasteiger partial charge on any atom is -0.142 e. The number of unbranched alkanes of at least 4 members (excludes halogenated alkanes) is 2. The molecular formula is C14H16BrClS. The zero-order valence-corrected chi connectivity index (χ0v) is 13.0. The number of thiophene rings is 1. The van der Waals surface area contributed by atoms with Crippen LogP contribution >= 0.6 is 38.9 Å². The van der Waals surface area contributed by atoms with Crippen LogP contribution in [0.3, 0.4) is 0 Å². The van der Waals surface area contributed by atoms with Gasteiger partial charge in [-0.05, 0) is 44.7 Å². The topological polar surface area (TPSA) is 0 Å². The summed E-state index contributed by atoms with van der Waals surface area (Å²) in [4.78, 5) is 0. The number of alkyl halides is 1. The second-order valence-corrected chi connectivity index (χ2v) is 6.53. The first kappa shape index (κ1) is 13.4. The van der Waals surface area contributed by atoms with Gasteiger partial charge >= 0.3 is 0 Å². The van der Waals surface area contributed by atoms with Gasteiger partial charge in [0.05, 0.1) is 5.38 Å². The van der Waals surface area contributed by atoms with Crippen LogP contribution in [-0.2, 0) is 0 Å². The molecule has 0 aliphatic carbocycles. The Balaban J connectivity index is 2.21. The van der Waals surface area contributed by atoms with Crippen molar-refractivity contribution < 1.29 is 0 Å². The Morgan fingerprint density at radius 1 is 1.35 bits per heavy atom. The number of hydrogen-bond donors (Lipinski definition) is 0. The van der Waals surface area contributed by atoms with Crippen LogP contribution in [0.5, 0.6) is 0 Å². The van der Waals surface area contributed by atoms with Crippen LogP contribution < -0.4 is 0 Å². The lowest BCUT2D eigenvalue weighted by Gasteiger charge is -2.08. The fourth-order valence-electron chi connectivity index (χ4n) is 2.01. The van der Waals surface area contributed by atoms with Crippen molar-refractivity contribution in [2.75, 3.05) is 0 Å². The Labute approximate surface area is 120 Å². The van der Waals surface area contributed by atoms with Crippen molar-refractivity contribution in [3.63, 3.8) is 0 Å². The van der Waals surface area contributed by atoms with Crippen molar-refractivity contribution >= 4 is 49.0 Å². The van der Waals surface area contributed by atoms with E-state index in [-0.39, 0.29) is 5.38 Å². The summed E-state index contributed by atoms with van der Waals surface area (Å²) in [6.07, 6.45) is 4.82. The van der Waals surface area contributed by atoms with Gasteiger partial charge in [0.25, 0.3) is 0 Å². The Morgan fingerprint density at radius 2 is 2.18 bits per heavy atom. The van der Waals surface area contributed by atoms with Crippen molar-refractivity contribution in [3.05, 3.63) is 33.6 Å². The van der Waals surface area contributed by atoms with Crippen LogP contribution in [0.25, 0.3) is 10.1 Å². The quantitative estimate of drug-likeness (QED) is 0.432. The molecule has 0 spiro atoms. The van der Waals surface area contributed by atoms with Crippen LogP contribution in [0.2, 0.25) is 0 Å². The van der Waals surface area contributed by atoms with Crippen LogP contribution in [0.1, 0.15) is 43.5 Å². The second-order valence-electron chi connectivity index (χ2n) is 4.27. The summed E-state index contributed by atoms with van der Waals surface area (Å²) in [5, 5.41) is 3.67. The van der Waals surface area contributed by atoms with Gasteiger partial charge in [-0.2, -0.15) is 0 Å². The number of halogens is 2. The molecule has 0 amide bonds. The van der Waals surface area contributed by atoms with Crippen LogP contribution in [0.15, 0.2) is 28.1 Å². The van der Waals surface area contributed by atoms with E-state index in [0.29, 0.717) is 0 Å². The molecule has 0 bridgehead atoms. The first-order chi connectivity index (χ1) is 8.24. The highest BCUT2D eigenvalue weighted by Crippen LogP contribution is 2.39. The third-order valence-corrected chi connectivity index (χ3v) is 5.40. The number of rotatable bonds is 5. The summed E-state index contributed by atoms with van der Waals surface area (Å²) < 4.78 is 2.48. The summed E-state index contributed by atoms with van der Waals surface area (Å²) in [5.74, 6) is 0. The van der Waals surface area contributed by atoms with Gasteiger partial charge in [0.15, 0.2) is 0 Å². The summed E-state index contributed by atoms with van der Waals surface area (Å²) in [7, 11) is 0. The van der Waals surface area contributed by atoms with E-state index in [0.717, 1.165) is 6.42 Å². The molecular weight excluding hydrogens is 316 g/mol. The van der Waals surface area contributed by atoms with Gasteiger partial charge < -0.3 is 0 Å². The molecule has 0 nitrogen and oxygen atoms in total. The average molecular weight is 332 g/mol. The maximum absolute atomic E-state index is 6.51. The first-order valence-electron chi connectivity index (χ1n) is 6.03. The summed E-state index contributed by atoms with van der Waals surface area (Å²) in [6.45, 7) is 2.22. The lowest BCUT2D eigenvalue weighted by molar-refractivity contribution is 0.657. The average Bonchev–Trinajstić information content (AvgIpc) is 2.74. The fourth-order valence-corrected chi connectivity index (χ4v) is 4.10. The predicted octanol–water partition coefficient (Wildman–Crippen LogP) is 6.52. The van der Waals surface area contributed by atoms with E-state index in [2.05, 4.69) is 46.4 Å². The van der Waals surface area contributed by atoms with E-state index in [1.807, 2.05) is 0 Å². The number of fused-ring (bicyclic) bond motifs is 1. The van der Waals surface area contributed by atoms with E-state index in [1.165, 1.54) is 39.4 Å². The van der Waals surface area contributed by atoms with Gasteiger partial charge in [0.1, 0.15) is 0 Å². The third kappa shape index (κ3) is 3.04. The molecule has 17 heavy (non-hydrogen) atoms. The standard InChI is InChI=1S/C14H16BrClS/c1-2-3-4-8-13(16)11-9-17-14-10(11)6-5-7-12(14)15/h5-7,9,13H,2-4,8H2,1H3. The fraction of sp³-hybridized carbons (Fsp3) is 0.429. The van der Waals surface area contributed by atoms with Gasteiger partial charge in [-0.1, -0.05) is 38.3 Å². The minimum absolute atomic E-state index is 0.157. The van der Waals surface area contributed by atoms with Gasteiger partial charge in [-0.3, -0.25) is 0 Å². The van der Waals surface area contributed by atoms with Crippen molar-refractivity contribution in [3.8, 4) is 0 Å². The normalized spacial score (nSPS) is 13.1. The zero-order chi connectivity index (χ0) is 12.3. The molecule has 2 rings (SSSR count). The molecule has 0 saturated heterocycles. The lowest BCUT2D eigenvalue weighted by Crippen LogP contribution is -1.89. The van der Waals surface area contributed by atoms with Gasteiger partial charge in [-0.25, -0.2) is 0 Å². The molecule has 0 aliphatic heterocycles. The smallest absolute Gasteiger partial charge is 0.0599 e. The molecule has 2 aromatic rings. The zero-order valence-electron chi connectivity index (χ0n) is 9.88. The Hall–Kier alpha value is -0.0500. The molecule has 0 saturated carbocycles. The highest BCUT2D eigenvalue weighted by Gasteiger charge is 2.14. The molecule has 0 radical (unpaired) electrons. The van der Waals surface area contributed by atoms with Crippen molar-refractivity contribution in [1.82, 2.24) is 0 Å². The van der Waals surface area contributed by atoms with Gasteiger partial charge in [-0.15, -0.1) is 22.9 Å². The summed E-state index contributed by atoms with van der Waals surface area (Å²) >= 11 is 11.9. The van der Waals surface area contributed by atoms with Crippen molar-refractivity contribution in [1.29, 1.82) is 0 Å². The van der Waals surface area contributed by atoms with Crippen molar-refractivity contribution in [2.45, 2.75) is 38.0 Å². The first-order valence-corrected chi connectivity index (χ1v) is 8.14. The maximum Gasteiger partial charge on any atom is 0.0599 e. The van der Waals surface area contributed by atoms with Gasteiger partial charge in [0, 0.05) is 9.17 Å². The van der Waals surface area contributed by atoms with Gasteiger partial charge in [0.2, 0.25) is 0 Å². The largest absolute Gasteiger partial charge is 0.142 e. The molecule has 3 heteroatoms. The highest BCUT2D eigenvalue weighted by atomic mass is 79.9. The van der Waals surface area contributed by atoms with Crippen LogP contribution in [0, 0.1) is 0 Å². The van der Waals surface area contributed by atoms with Crippen LogP contribution in [-0.4, -0.2) is 0 Å². The summed E-state index contributed by atoms with van der Waals surface area (Å²) in [5.41, 5.74) is 1.30. The minimum atomic E-state index is 0.157. The lowest BCUT2D eigenvalue weighted by atomic mass is 10.1. The van der Waals surface area contributed by atoms with E-state index in [1.54, 1.807) is 11.3 Å². The van der Waals surface area contributed by atoms with E-state index < -0.39 is 0 Å².